The molecule has 0 aliphatic carbocycles. The van der Waals surface area contributed by atoms with Gasteiger partial charge in [-0.2, -0.15) is 0 Å². The van der Waals surface area contributed by atoms with Gasteiger partial charge in [-0.15, -0.1) is 0 Å². The van der Waals surface area contributed by atoms with Crippen molar-refractivity contribution in [1.29, 1.82) is 0 Å². The van der Waals surface area contributed by atoms with Crippen LogP contribution in [-0.4, -0.2) is 12.5 Å². The van der Waals surface area contributed by atoms with Crippen LogP contribution in [-0.2, 0) is 4.79 Å². The maximum atomic E-state index is 12.2. The van der Waals surface area contributed by atoms with E-state index in [1.54, 1.807) is 0 Å². The van der Waals surface area contributed by atoms with Crippen LogP contribution in [0.4, 0.5) is 5.69 Å². The Morgan fingerprint density at radius 1 is 1.17 bits per heavy atom. The minimum absolute atomic E-state index is 0.0130. The van der Waals surface area contributed by atoms with Gasteiger partial charge in [0, 0.05) is 5.69 Å². The molecule has 2 aromatic rings. The molecule has 3 heteroatoms. The second-order valence-electron chi connectivity index (χ2n) is 6.00. The number of anilines is 1. The summed E-state index contributed by atoms with van der Waals surface area (Å²) in [5.41, 5.74) is 4.18. The average Bonchev–Trinajstić information content (AvgIpc) is 2.55. The topological polar surface area (TPSA) is 38.3 Å². The Kier molecular flexibility index (Phi) is 5.80. The molecule has 1 N–H and O–H groups in total. The van der Waals surface area contributed by atoms with Crippen molar-refractivity contribution in [3.63, 3.8) is 0 Å². The second-order valence-corrected chi connectivity index (χ2v) is 6.00. The van der Waals surface area contributed by atoms with Crippen LogP contribution in [0.5, 0.6) is 5.75 Å². The Morgan fingerprint density at radius 3 is 2.65 bits per heavy atom. The molecule has 1 atom stereocenters. The zero-order valence-electron chi connectivity index (χ0n) is 14.3. The molecule has 23 heavy (non-hydrogen) atoms. The number of hydrogen-bond donors (Lipinski definition) is 1. The zero-order chi connectivity index (χ0) is 16.8. The third-order valence-electron chi connectivity index (χ3n) is 4.08. The van der Waals surface area contributed by atoms with Crippen LogP contribution < -0.4 is 10.1 Å². The summed E-state index contributed by atoms with van der Waals surface area (Å²) in [6.07, 6.45) is 1.03. The monoisotopic (exact) mass is 311 g/mol. The minimum atomic E-state index is -0.137. The van der Waals surface area contributed by atoms with Crippen molar-refractivity contribution >= 4 is 11.6 Å². The van der Waals surface area contributed by atoms with Gasteiger partial charge in [-0.25, -0.2) is 0 Å². The third-order valence-corrected chi connectivity index (χ3v) is 4.08. The van der Waals surface area contributed by atoms with Crippen LogP contribution in [0.1, 0.15) is 42.9 Å². The summed E-state index contributed by atoms with van der Waals surface area (Å²) in [5, 5.41) is 2.97. The normalized spacial score (nSPS) is 11.8. The number of para-hydroxylation sites is 1. The number of ether oxygens (including phenoxy) is 1. The fourth-order valence-electron chi connectivity index (χ4n) is 2.45. The molecule has 0 spiro atoms. The highest BCUT2D eigenvalue weighted by Gasteiger charge is 2.11. The summed E-state index contributed by atoms with van der Waals surface area (Å²) >= 11 is 0. The molecule has 0 saturated carbocycles. The highest BCUT2D eigenvalue weighted by Crippen LogP contribution is 2.26. The number of aryl methyl sites for hydroxylation is 2. The molecule has 0 aliphatic rings. The summed E-state index contributed by atoms with van der Waals surface area (Å²) in [5.74, 6) is 1.03. The van der Waals surface area contributed by atoms with E-state index in [1.807, 2.05) is 50.2 Å². The van der Waals surface area contributed by atoms with Crippen molar-refractivity contribution in [3.8, 4) is 5.75 Å². The average molecular weight is 311 g/mol. The zero-order valence-corrected chi connectivity index (χ0v) is 14.3. The third kappa shape index (κ3) is 4.59. The van der Waals surface area contributed by atoms with E-state index < -0.39 is 0 Å². The molecule has 0 radical (unpaired) electrons. The molecule has 122 valence electrons. The van der Waals surface area contributed by atoms with E-state index in [1.165, 1.54) is 0 Å². The molecular weight excluding hydrogens is 286 g/mol. The van der Waals surface area contributed by atoms with E-state index in [0.29, 0.717) is 5.92 Å². The smallest absolute Gasteiger partial charge is 0.262 e. The number of nitrogens with one attached hydrogen (secondary N) is 1. The predicted octanol–water partition coefficient (Wildman–Crippen LogP) is 4.83. The number of carbonyl (C=O) groups excluding carboxylic acids is 1. The molecule has 0 aromatic heterocycles. The molecular formula is C20H25NO2. The fourth-order valence-corrected chi connectivity index (χ4v) is 2.45. The minimum Gasteiger partial charge on any atom is -0.483 e. The summed E-state index contributed by atoms with van der Waals surface area (Å²) in [4.78, 5) is 12.2. The molecule has 0 saturated heterocycles. The highest BCUT2D eigenvalue weighted by atomic mass is 16.5. The number of benzene rings is 2. The number of amides is 1. The Hall–Kier alpha value is -2.29. The van der Waals surface area contributed by atoms with Gasteiger partial charge in [0.15, 0.2) is 6.61 Å². The number of hydrogen-bond acceptors (Lipinski definition) is 2. The van der Waals surface area contributed by atoms with Crippen LogP contribution in [0.25, 0.3) is 0 Å². The molecule has 0 bridgehead atoms. The Morgan fingerprint density at radius 2 is 1.91 bits per heavy atom. The van der Waals surface area contributed by atoms with E-state index in [9.17, 15) is 4.79 Å². The Bertz CT molecular complexity index is 679. The van der Waals surface area contributed by atoms with Gasteiger partial charge >= 0.3 is 0 Å². The summed E-state index contributed by atoms with van der Waals surface area (Å²) < 4.78 is 5.67. The van der Waals surface area contributed by atoms with E-state index >= 15 is 0 Å². The van der Waals surface area contributed by atoms with Gasteiger partial charge in [-0.1, -0.05) is 44.2 Å². The second kappa shape index (κ2) is 7.82. The van der Waals surface area contributed by atoms with Gasteiger partial charge in [-0.3, -0.25) is 4.79 Å². The van der Waals surface area contributed by atoms with Crippen molar-refractivity contribution in [3.05, 3.63) is 59.2 Å². The summed E-state index contributed by atoms with van der Waals surface area (Å²) in [7, 11) is 0. The molecule has 1 amide bonds. The molecule has 3 nitrogen and oxygen atoms in total. The van der Waals surface area contributed by atoms with Gasteiger partial charge in [0.2, 0.25) is 0 Å². The number of rotatable bonds is 6. The van der Waals surface area contributed by atoms with Gasteiger partial charge in [-0.05, 0) is 55.0 Å². The van der Waals surface area contributed by atoms with Gasteiger partial charge in [0.25, 0.3) is 5.91 Å². The van der Waals surface area contributed by atoms with E-state index in [4.69, 9.17) is 4.74 Å². The SMILES string of the molecule is CC[C@@H](C)c1ccccc1NC(=O)COc1cc(C)ccc1C. The standard InChI is InChI=1S/C20H25NO2/c1-5-15(3)17-8-6-7-9-18(17)21-20(22)13-23-19-12-14(2)10-11-16(19)4/h6-12,15H,5,13H2,1-4H3,(H,21,22)/t15-/m1/s1. The van der Waals surface area contributed by atoms with Crippen LogP contribution in [0.2, 0.25) is 0 Å². The maximum Gasteiger partial charge on any atom is 0.262 e. The Balaban J connectivity index is 2.02. The van der Waals surface area contributed by atoms with E-state index in [0.717, 1.165) is 34.5 Å². The van der Waals surface area contributed by atoms with E-state index in [-0.39, 0.29) is 12.5 Å². The first-order valence-corrected chi connectivity index (χ1v) is 8.10. The van der Waals surface area contributed by atoms with Crippen LogP contribution >= 0.6 is 0 Å². The van der Waals surface area contributed by atoms with E-state index in [2.05, 4.69) is 25.2 Å². The fraction of sp³-hybridized carbons (Fsp3) is 0.350. The first kappa shape index (κ1) is 17.1. The highest BCUT2D eigenvalue weighted by molar-refractivity contribution is 5.92. The number of carbonyl (C=O) groups is 1. The lowest BCUT2D eigenvalue weighted by Crippen LogP contribution is -2.21. The van der Waals surface area contributed by atoms with Gasteiger partial charge < -0.3 is 10.1 Å². The largest absolute Gasteiger partial charge is 0.483 e. The Labute approximate surface area is 138 Å². The van der Waals surface area contributed by atoms with Gasteiger partial charge in [0.1, 0.15) is 5.75 Å². The molecule has 0 aliphatic heterocycles. The quantitative estimate of drug-likeness (QED) is 0.829. The summed E-state index contributed by atoms with van der Waals surface area (Å²) in [6, 6.07) is 13.9. The first-order chi connectivity index (χ1) is 11.0. The van der Waals surface area contributed by atoms with Crippen LogP contribution in [0.3, 0.4) is 0 Å². The first-order valence-electron chi connectivity index (χ1n) is 8.10. The molecule has 0 unspecified atom stereocenters. The van der Waals surface area contributed by atoms with Crippen LogP contribution in [0, 0.1) is 13.8 Å². The lowest BCUT2D eigenvalue weighted by Gasteiger charge is -2.16. The van der Waals surface area contributed by atoms with Crippen molar-refractivity contribution < 1.29 is 9.53 Å². The maximum absolute atomic E-state index is 12.2. The lowest BCUT2D eigenvalue weighted by molar-refractivity contribution is -0.118. The van der Waals surface area contributed by atoms with Crippen LogP contribution in [0.15, 0.2) is 42.5 Å². The van der Waals surface area contributed by atoms with Crippen molar-refractivity contribution in [2.75, 3.05) is 11.9 Å². The lowest BCUT2D eigenvalue weighted by atomic mass is 9.97. The predicted molar refractivity (Wildman–Crippen MR) is 95.2 cm³/mol. The molecule has 2 rings (SSSR count). The van der Waals surface area contributed by atoms with Crippen molar-refractivity contribution in [2.24, 2.45) is 0 Å². The summed E-state index contributed by atoms with van der Waals surface area (Å²) in [6.45, 7) is 8.31. The van der Waals surface area contributed by atoms with Gasteiger partial charge in [0.05, 0.1) is 0 Å². The molecule has 2 aromatic carbocycles. The van der Waals surface area contributed by atoms with Crippen molar-refractivity contribution in [1.82, 2.24) is 0 Å². The molecule has 0 fully saturated rings. The molecule has 0 heterocycles. The van der Waals surface area contributed by atoms with Crippen molar-refractivity contribution in [2.45, 2.75) is 40.0 Å².